The van der Waals surface area contributed by atoms with Crippen LogP contribution in [0.2, 0.25) is 0 Å². The first kappa shape index (κ1) is 23.4. The number of amides is 2. The zero-order valence-electron chi connectivity index (χ0n) is 19.1. The van der Waals surface area contributed by atoms with Gasteiger partial charge < -0.3 is 14.8 Å². The van der Waals surface area contributed by atoms with E-state index in [-0.39, 0.29) is 24.7 Å². The maximum absolute atomic E-state index is 12.5. The minimum Gasteiger partial charge on any atom is -0.348 e. The lowest BCUT2D eigenvalue weighted by atomic mass is 10.1. The Morgan fingerprint density at radius 1 is 1.03 bits per heavy atom. The fourth-order valence-corrected chi connectivity index (χ4v) is 4.78. The van der Waals surface area contributed by atoms with Crippen molar-refractivity contribution in [2.45, 2.75) is 53.5 Å². The summed E-state index contributed by atoms with van der Waals surface area (Å²) in [6.45, 7) is 13.7. The second kappa shape index (κ2) is 10.9. The molecule has 31 heavy (non-hydrogen) atoms. The number of carbonyl (C=O) groups excluding carboxylic acids is 2. The highest BCUT2D eigenvalue weighted by molar-refractivity contribution is 7.15. The van der Waals surface area contributed by atoms with E-state index < -0.39 is 0 Å². The van der Waals surface area contributed by atoms with Crippen LogP contribution in [0, 0.1) is 19.8 Å². The Labute approximate surface area is 188 Å². The zero-order valence-corrected chi connectivity index (χ0v) is 19.9. The van der Waals surface area contributed by atoms with Gasteiger partial charge in [0.1, 0.15) is 5.01 Å². The lowest BCUT2D eigenvalue weighted by Gasteiger charge is -2.35. The normalized spacial score (nSPS) is 14.9. The molecule has 0 aliphatic carbocycles. The van der Waals surface area contributed by atoms with Crippen molar-refractivity contribution in [2.75, 3.05) is 38.0 Å². The summed E-state index contributed by atoms with van der Waals surface area (Å²) in [4.78, 5) is 29.0. The van der Waals surface area contributed by atoms with Crippen LogP contribution in [0.3, 0.4) is 0 Å². The van der Waals surface area contributed by atoms with Gasteiger partial charge in [0.15, 0.2) is 0 Å². The largest absolute Gasteiger partial charge is 0.348 e. The number of aryl methyl sites for hydroxylation is 2. The minimum absolute atomic E-state index is 0.0460. The molecular weight excluding hydrogens is 412 g/mol. The SMILES string of the molecule is Cc1ccc(C)n1CCN1CCN(C(=O)CCC(=O)Nc2nnc(CC(C)C)s2)CC1. The van der Waals surface area contributed by atoms with Crippen molar-refractivity contribution >= 4 is 28.3 Å². The highest BCUT2D eigenvalue weighted by atomic mass is 32.1. The second-order valence-electron chi connectivity index (χ2n) is 8.64. The first-order valence-electron chi connectivity index (χ1n) is 11.1. The Morgan fingerprint density at radius 2 is 1.71 bits per heavy atom. The fourth-order valence-electron chi connectivity index (χ4n) is 3.81. The Bertz CT molecular complexity index is 863. The summed E-state index contributed by atoms with van der Waals surface area (Å²) in [5, 5.41) is 12.3. The first-order valence-corrected chi connectivity index (χ1v) is 11.9. The highest BCUT2D eigenvalue weighted by Gasteiger charge is 2.21. The molecule has 9 heteroatoms. The van der Waals surface area contributed by atoms with Gasteiger partial charge in [-0.2, -0.15) is 0 Å². The van der Waals surface area contributed by atoms with Crippen LogP contribution in [0.1, 0.15) is 43.1 Å². The Morgan fingerprint density at radius 3 is 2.35 bits per heavy atom. The Balaban J connectivity index is 1.35. The van der Waals surface area contributed by atoms with Crippen molar-refractivity contribution in [2.24, 2.45) is 5.92 Å². The van der Waals surface area contributed by atoms with Gasteiger partial charge in [0, 0.05) is 69.9 Å². The molecule has 0 unspecified atom stereocenters. The molecule has 1 fully saturated rings. The van der Waals surface area contributed by atoms with Crippen LogP contribution < -0.4 is 5.32 Å². The third-order valence-corrected chi connectivity index (χ3v) is 6.51. The molecule has 2 aromatic rings. The summed E-state index contributed by atoms with van der Waals surface area (Å²) in [5.41, 5.74) is 2.57. The van der Waals surface area contributed by atoms with Gasteiger partial charge in [-0.25, -0.2) is 0 Å². The van der Waals surface area contributed by atoms with E-state index >= 15 is 0 Å². The van der Waals surface area contributed by atoms with Crippen LogP contribution in [0.4, 0.5) is 5.13 Å². The van der Waals surface area contributed by atoms with E-state index in [1.165, 1.54) is 22.7 Å². The summed E-state index contributed by atoms with van der Waals surface area (Å²) in [7, 11) is 0. The molecule has 1 aliphatic heterocycles. The molecule has 0 bridgehead atoms. The fraction of sp³-hybridized carbons (Fsp3) is 0.636. The van der Waals surface area contributed by atoms with Gasteiger partial charge in [-0.3, -0.25) is 14.5 Å². The van der Waals surface area contributed by atoms with Crippen molar-refractivity contribution in [1.29, 1.82) is 0 Å². The van der Waals surface area contributed by atoms with Crippen LogP contribution >= 0.6 is 11.3 Å². The average Bonchev–Trinajstić information content (AvgIpc) is 3.30. The molecule has 0 saturated carbocycles. The Kier molecular flexibility index (Phi) is 8.20. The van der Waals surface area contributed by atoms with Crippen LogP contribution in [-0.2, 0) is 22.6 Å². The van der Waals surface area contributed by atoms with Crippen molar-refractivity contribution in [3.63, 3.8) is 0 Å². The average molecular weight is 447 g/mol. The van der Waals surface area contributed by atoms with E-state index in [4.69, 9.17) is 0 Å². The summed E-state index contributed by atoms with van der Waals surface area (Å²) < 4.78 is 2.33. The first-order chi connectivity index (χ1) is 14.8. The van der Waals surface area contributed by atoms with E-state index in [1.807, 2.05) is 4.90 Å². The number of nitrogens with zero attached hydrogens (tertiary/aromatic N) is 5. The van der Waals surface area contributed by atoms with Gasteiger partial charge >= 0.3 is 0 Å². The molecule has 2 amide bonds. The predicted octanol–water partition coefficient (Wildman–Crippen LogP) is 2.72. The molecule has 1 aliphatic rings. The van der Waals surface area contributed by atoms with Crippen molar-refractivity contribution in [3.05, 3.63) is 28.5 Å². The standard InChI is InChI=1S/C22H34N6O2S/c1-16(2)15-20-24-25-22(31-20)23-19(29)7-8-21(30)27-12-9-26(10-13-27)11-14-28-17(3)5-6-18(28)4/h5-6,16H,7-15H2,1-4H3,(H,23,25,29). The van der Waals surface area contributed by atoms with E-state index in [9.17, 15) is 9.59 Å². The van der Waals surface area contributed by atoms with Crippen molar-refractivity contribution < 1.29 is 9.59 Å². The summed E-state index contributed by atoms with van der Waals surface area (Å²) in [5.74, 6) is 0.359. The number of rotatable bonds is 9. The van der Waals surface area contributed by atoms with Crippen molar-refractivity contribution in [1.82, 2.24) is 24.6 Å². The molecular formula is C22H34N6O2S. The topological polar surface area (TPSA) is 83.4 Å². The minimum atomic E-state index is -0.184. The number of piperazine rings is 1. The molecule has 3 rings (SSSR count). The van der Waals surface area contributed by atoms with E-state index in [0.29, 0.717) is 11.0 Å². The van der Waals surface area contributed by atoms with Gasteiger partial charge in [0.05, 0.1) is 0 Å². The molecule has 3 heterocycles. The highest BCUT2D eigenvalue weighted by Crippen LogP contribution is 2.18. The molecule has 0 spiro atoms. The van der Waals surface area contributed by atoms with Gasteiger partial charge in [0.2, 0.25) is 16.9 Å². The van der Waals surface area contributed by atoms with E-state index in [1.54, 1.807) is 0 Å². The number of nitrogens with one attached hydrogen (secondary N) is 1. The lowest BCUT2D eigenvalue weighted by molar-refractivity contribution is -0.134. The van der Waals surface area contributed by atoms with Gasteiger partial charge in [-0.15, -0.1) is 10.2 Å². The van der Waals surface area contributed by atoms with Crippen LogP contribution in [0.5, 0.6) is 0 Å². The maximum Gasteiger partial charge on any atom is 0.226 e. The number of anilines is 1. The summed E-state index contributed by atoms with van der Waals surface area (Å²) >= 11 is 1.40. The summed E-state index contributed by atoms with van der Waals surface area (Å²) in [6, 6.07) is 4.30. The molecule has 0 atom stereocenters. The van der Waals surface area contributed by atoms with E-state index in [0.717, 1.165) is 50.7 Å². The van der Waals surface area contributed by atoms with Crippen LogP contribution in [-0.4, -0.2) is 69.1 Å². The second-order valence-corrected chi connectivity index (χ2v) is 9.70. The molecule has 0 aromatic carbocycles. The third-order valence-electron chi connectivity index (χ3n) is 5.64. The molecule has 1 saturated heterocycles. The quantitative estimate of drug-likeness (QED) is 0.640. The lowest BCUT2D eigenvalue weighted by Crippen LogP contribution is -2.49. The number of hydrogen-bond acceptors (Lipinski definition) is 6. The smallest absolute Gasteiger partial charge is 0.226 e. The third kappa shape index (κ3) is 6.87. The molecule has 1 N–H and O–H groups in total. The van der Waals surface area contributed by atoms with Crippen LogP contribution in [0.15, 0.2) is 12.1 Å². The Hall–Kier alpha value is -2.26. The molecule has 2 aromatic heterocycles. The molecule has 8 nitrogen and oxygen atoms in total. The van der Waals surface area contributed by atoms with Gasteiger partial charge in [-0.05, 0) is 31.9 Å². The van der Waals surface area contributed by atoms with Crippen LogP contribution in [0.25, 0.3) is 0 Å². The summed E-state index contributed by atoms with van der Waals surface area (Å²) in [6.07, 6.45) is 1.25. The number of aromatic nitrogens is 3. The zero-order chi connectivity index (χ0) is 22.4. The number of hydrogen-bond donors (Lipinski definition) is 1. The predicted molar refractivity (Wildman–Crippen MR) is 123 cm³/mol. The monoisotopic (exact) mass is 446 g/mol. The van der Waals surface area contributed by atoms with E-state index in [2.05, 4.69) is 64.8 Å². The molecule has 0 radical (unpaired) electrons. The number of carbonyl (C=O) groups is 2. The maximum atomic E-state index is 12.5. The van der Waals surface area contributed by atoms with Crippen molar-refractivity contribution in [3.8, 4) is 0 Å². The van der Waals surface area contributed by atoms with Gasteiger partial charge in [0.25, 0.3) is 0 Å². The van der Waals surface area contributed by atoms with Gasteiger partial charge in [-0.1, -0.05) is 25.2 Å². The molecule has 170 valence electrons.